The largest absolute Gasteiger partial charge is 0.493 e. The van der Waals surface area contributed by atoms with E-state index < -0.39 is 21.4 Å². The Morgan fingerprint density at radius 3 is 2.60 bits per heavy atom. The van der Waals surface area contributed by atoms with E-state index in [2.05, 4.69) is 27.0 Å². The van der Waals surface area contributed by atoms with Crippen LogP contribution in [0, 0.1) is 0 Å². The zero-order chi connectivity index (χ0) is 22.8. The van der Waals surface area contributed by atoms with Crippen LogP contribution in [-0.2, 0) is 29.8 Å². The zero-order valence-corrected chi connectivity index (χ0v) is 20.6. The first kappa shape index (κ1) is 26.4. The molecule has 0 aliphatic rings. The van der Waals surface area contributed by atoms with E-state index in [0.717, 1.165) is 0 Å². The van der Waals surface area contributed by atoms with E-state index in [4.69, 9.17) is 14.2 Å². The molecular weight excluding hydrogens is 527 g/mol. The number of nitrogens with zero attached hydrogens (tertiary/aromatic N) is 1. The summed E-state index contributed by atoms with van der Waals surface area (Å²) >= 11 is 2.09. The molecule has 0 fully saturated rings. The molecule has 1 rings (SSSR count). The molecule has 0 aliphatic heterocycles. The summed E-state index contributed by atoms with van der Waals surface area (Å²) in [4.78, 5) is 23.4. The average Bonchev–Trinajstić information content (AvgIpc) is 2.63. The summed E-state index contributed by atoms with van der Waals surface area (Å²) in [5.41, 5.74) is 2.20. The van der Waals surface area contributed by atoms with Crippen LogP contribution in [0.5, 0.6) is 5.75 Å². The molecule has 0 aliphatic carbocycles. The standard InChI is InChI=1S/C19H29IN2O7S/c1-5-27-17(23)7-6-8-28-16-10-14(9-15(11-16)21-25)12-30(4,26)22-18(24)29-19(2,3)13-20/h9-11,21,25H,5-8,12-13H2,1-4H3. The van der Waals surface area contributed by atoms with Crippen LogP contribution in [0.1, 0.15) is 39.2 Å². The van der Waals surface area contributed by atoms with Crippen molar-refractivity contribution in [3.05, 3.63) is 23.8 Å². The van der Waals surface area contributed by atoms with Crippen LogP contribution in [0.15, 0.2) is 22.6 Å². The number of ether oxygens (including phenoxy) is 3. The second-order valence-electron chi connectivity index (χ2n) is 7.19. The van der Waals surface area contributed by atoms with E-state index >= 15 is 0 Å². The van der Waals surface area contributed by atoms with Gasteiger partial charge in [-0.3, -0.25) is 15.5 Å². The van der Waals surface area contributed by atoms with E-state index in [9.17, 15) is 19.0 Å². The Labute approximate surface area is 191 Å². The summed E-state index contributed by atoms with van der Waals surface area (Å²) in [6.07, 6.45) is 1.18. The maximum Gasteiger partial charge on any atom is 0.442 e. The maximum atomic E-state index is 12.8. The third-order valence-corrected chi connectivity index (χ3v) is 6.82. The Balaban J connectivity index is 2.84. The number of hydrogen-bond donors (Lipinski definition) is 2. The number of nitrogens with one attached hydrogen (secondary N) is 1. The van der Waals surface area contributed by atoms with Crippen LogP contribution in [-0.4, -0.2) is 51.0 Å². The Hall–Kier alpha value is -1.60. The Bertz CT molecular complexity index is 851. The first-order chi connectivity index (χ1) is 14.0. The van der Waals surface area contributed by atoms with Crippen LogP contribution in [0.4, 0.5) is 10.5 Å². The number of anilines is 1. The monoisotopic (exact) mass is 556 g/mol. The van der Waals surface area contributed by atoms with Crippen LogP contribution in [0.25, 0.3) is 0 Å². The second kappa shape index (κ2) is 12.3. The van der Waals surface area contributed by atoms with Gasteiger partial charge in [-0.1, -0.05) is 22.6 Å². The fourth-order valence-corrected chi connectivity index (χ4v) is 3.67. The summed E-state index contributed by atoms with van der Waals surface area (Å²) in [6.45, 7) is 5.82. The van der Waals surface area contributed by atoms with Crippen molar-refractivity contribution >= 4 is 50.1 Å². The zero-order valence-electron chi connectivity index (χ0n) is 17.6. The van der Waals surface area contributed by atoms with Gasteiger partial charge < -0.3 is 14.2 Å². The molecule has 1 aromatic rings. The first-order valence-corrected chi connectivity index (χ1v) is 12.9. The summed E-state index contributed by atoms with van der Waals surface area (Å²) in [5, 5.41) is 9.25. The van der Waals surface area contributed by atoms with E-state index in [1.54, 1.807) is 39.0 Å². The third-order valence-electron chi connectivity index (χ3n) is 3.58. The molecule has 1 unspecified atom stereocenters. The number of alkyl halides is 1. The number of hydrogen-bond acceptors (Lipinski definition) is 8. The van der Waals surface area contributed by atoms with Gasteiger partial charge in [-0.25, -0.2) is 9.00 Å². The normalized spacial score (nSPS) is 13.1. The van der Waals surface area contributed by atoms with Crippen molar-refractivity contribution in [3.8, 4) is 5.75 Å². The smallest absolute Gasteiger partial charge is 0.442 e. The van der Waals surface area contributed by atoms with Crippen molar-refractivity contribution < 1.29 is 33.2 Å². The minimum atomic E-state index is -2.93. The number of rotatable bonds is 11. The molecule has 0 radical (unpaired) electrons. The van der Waals surface area contributed by atoms with Crippen molar-refractivity contribution in [1.29, 1.82) is 0 Å². The van der Waals surface area contributed by atoms with Crippen LogP contribution >= 0.6 is 22.6 Å². The molecule has 2 N–H and O–H groups in total. The van der Waals surface area contributed by atoms with Crippen LogP contribution < -0.4 is 10.2 Å². The number of carbonyl (C=O) groups excluding carboxylic acids is 2. The fourth-order valence-electron chi connectivity index (χ4n) is 2.31. The lowest BCUT2D eigenvalue weighted by Gasteiger charge is -2.20. The highest BCUT2D eigenvalue weighted by atomic mass is 127. The third kappa shape index (κ3) is 10.4. The molecule has 11 heteroatoms. The molecule has 1 aromatic carbocycles. The van der Waals surface area contributed by atoms with Crippen molar-refractivity contribution in [2.45, 2.75) is 45.0 Å². The molecule has 0 heterocycles. The highest BCUT2D eigenvalue weighted by Gasteiger charge is 2.22. The van der Waals surface area contributed by atoms with Crippen molar-refractivity contribution in [3.63, 3.8) is 0 Å². The summed E-state index contributed by atoms with van der Waals surface area (Å²) < 4.78 is 32.8. The van der Waals surface area contributed by atoms with E-state index in [0.29, 0.717) is 34.5 Å². The van der Waals surface area contributed by atoms with Gasteiger partial charge >= 0.3 is 12.1 Å². The van der Waals surface area contributed by atoms with Crippen molar-refractivity contribution in [2.24, 2.45) is 4.36 Å². The van der Waals surface area contributed by atoms with Crippen molar-refractivity contribution in [1.82, 2.24) is 0 Å². The highest BCUT2D eigenvalue weighted by molar-refractivity contribution is 14.1. The van der Waals surface area contributed by atoms with Crippen LogP contribution in [0.2, 0.25) is 0 Å². The molecule has 0 saturated heterocycles. The molecule has 1 atom stereocenters. The quantitative estimate of drug-likeness (QED) is 0.137. The number of benzene rings is 1. The summed E-state index contributed by atoms with van der Waals surface area (Å²) in [7, 11) is -2.93. The maximum absolute atomic E-state index is 12.8. The van der Waals surface area contributed by atoms with Gasteiger partial charge in [-0.05, 0) is 44.9 Å². The molecular formula is C19H29IN2O7S. The lowest BCUT2D eigenvalue weighted by atomic mass is 10.2. The molecule has 0 aromatic heterocycles. The fraction of sp³-hybridized carbons (Fsp3) is 0.579. The predicted octanol–water partition coefficient (Wildman–Crippen LogP) is 4.16. The Kier molecular flexibility index (Phi) is 10.8. The number of halogens is 1. The van der Waals surface area contributed by atoms with Crippen LogP contribution in [0.3, 0.4) is 0 Å². The molecule has 1 amide bonds. The number of amides is 1. The SMILES string of the molecule is CCOC(=O)CCCOc1cc(CS(C)(=O)=NC(=O)OC(C)(C)CI)cc(NO)c1. The Morgan fingerprint density at radius 1 is 1.30 bits per heavy atom. The average molecular weight is 556 g/mol. The Morgan fingerprint density at radius 2 is 2.00 bits per heavy atom. The van der Waals surface area contributed by atoms with Crippen molar-refractivity contribution in [2.75, 3.05) is 29.4 Å². The van der Waals surface area contributed by atoms with Gasteiger partial charge in [-0.15, -0.1) is 4.36 Å². The van der Waals surface area contributed by atoms with Gasteiger partial charge in [0.05, 0.1) is 34.4 Å². The minimum Gasteiger partial charge on any atom is -0.493 e. The van der Waals surface area contributed by atoms with E-state index in [1.165, 1.54) is 6.26 Å². The lowest BCUT2D eigenvalue weighted by molar-refractivity contribution is -0.143. The van der Waals surface area contributed by atoms with Gasteiger partial charge in [0.2, 0.25) is 0 Å². The molecule has 9 nitrogen and oxygen atoms in total. The van der Waals surface area contributed by atoms with Gasteiger partial charge in [0.1, 0.15) is 11.4 Å². The summed E-state index contributed by atoms with van der Waals surface area (Å²) in [6, 6.07) is 4.77. The van der Waals surface area contributed by atoms with Gasteiger partial charge in [0.25, 0.3) is 0 Å². The topological polar surface area (TPSA) is 124 Å². The highest BCUT2D eigenvalue weighted by Crippen LogP contribution is 2.23. The first-order valence-electron chi connectivity index (χ1n) is 9.31. The number of carbonyl (C=O) groups is 2. The van der Waals surface area contributed by atoms with Gasteiger partial charge in [-0.2, -0.15) is 0 Å². The molecule has 170 valence electrons. The summed E-state index contributed by atoms with van der Waals surface area (Å²) in [5.74, 6) is 0.0795. The van der Waals surface area contributed by atoms with E-state index in [1.807, 2.05) is 5.48 Å². The molecule has 0 bridgehead atoms. The molecule has 0 saturated carbocycles. The van der Waals surface area contributed by atoms with E-state index in [-0.39, 0.29) is 24.7 Å². The molecule has 30 heavy (non-hydrogen) atoms. The van der Waals surface area contributed by atoms with Gasteiger partial charge in [0.15, 0.2) is 0 Å². The number of esters is 1. The predicted molar refractivity (Wildman–Crippen MR) is 123 cm³/mol. The van der Waals surface area contributed by atoms with Gasteiger partial charge in [0, 0.05) is 23.2 Å². The lowest BCUT2D eigenvalue weighted by Crippen LogP contribution is -2.28. The minimum absolute atomic E-state index is 0.0402. The molecule has 0 spiro atoms. The second-order valence-corrected chi connectivity index (χ2v) is 10.3.